The first kappa shape index (κ1) is 67.3. The third-order valence-electron chi connectivity index (χ3n) is 12.5. The van der Waals surface area contributed by atoms with Crippen LogP contribution in [0.3, 0.4) is 0 Å². The molecule has 6 nitrogen and oxygen atoms in total. The van der Waals surface area contributed by atoms with Crippen molar-refractivity contribution in [2.24, 2.45) is 0 Å². The first-order valence-electron chi connectivity index (χ1n) is 29.7. The Morgan fingerprint density at radius 2 is 0.507 bits per heavy atom. The highest BCUT2D eigenvalue weighted by Gasteiger charge is 2.19. The van der Waals surface area contributed by atoms with Gasteiger partial charge in [-0.2, -0.15) is 0 Å². The molecule has 0 aromatic heterocycles. The van der Waals surface area contributed by atoms with Crippen LogP contribution in [0.25, 0.3) is 0 Å². The second kappa shape index (κ2) is 58.9. The molecule has 0 bridgehead atoms. The molecule has 0 aromatic carbocycles. The molecule has 406 valence electrons. The van der Waals surface area contributed by atoms with Crippen molar-refractivity contribution in [3.63, 3.8) is 0 Å². The van der Waals surface area contributed by atoms with Gasteiger partial charge in [-0.1, -0.05) is 227 Å². The lowest BCUT2D eigenvalue weighted by molar-refractivity contribution is -0.167. The largest absolute Gasteiger partial charge is 0.462 e. The average Bonchev–Trinajstić information content (AvgIpc) is 3.37. The Labute approximate surface area is 438 Å². The van der Waals surface area contributed by atoms with Gasteiger partial charge in [0, 0.05) is 19.3 Å². The van der Waals surface area contributed by atoms with Gasteiger partial charge < -0.3 is 14.2 Å². The van der Waals surface area contributed by atoms with Crippen LogP contribution in [0.15, 0.2) is 97.2 Å². The summed E-state index contributed by atoms with van der Waals surface area (Å²) in [4.78, 5) is 38.2. The molecule has 0 saturated heterocycles. The van der Waals surface area contributed by atoms with Gasteiger partial charge in [0.1, 0.15) is 13.2 Å². The Bertz CT molecular complexity index is 1410. The van der Waals surface area contributed by atoms with Gasteiger partial charge in [0.25, 0.3) is 0 Å². The number of carbonyl (C=O) groups is 3. The SMILES string of the molecule is CCCCC/C=C\C/C=C\C/C=C\C/C=C\CCCCCC(=O)OC[C@H](COC(=O)CCCCCC/C=C\C/C=C\C/C=C\CCCCC)OC(=O)CCCCCCCCC/C=C\CCCCCCCC. The van der Waals surface area contributed by atoms with Crippen molar-refractivity contribution in [1.82, 2.24) is 0 Å². The van der Waals surface area contributed by atoms with Crippen LogP contribution in [0.2, 0.25) is 0 Å². The van der Waals surface area contributed by atoms with Crippen LogP contribution < -0.4 is 0 Å². The van der Waals surface area contributed by atoms with Crippen molar-refractivity contribution in [2.75, 3.05) is 13.2 Å². The summed E-state index contributed by atoms with van der Waals surface area (Å²) in [6.45, 7) is 6.54. The number of allylic oxidation sites excluding steroid dienone is 16. The monoisotopic (exact) mass is 987 g/mol. The number of carbonyl (C=O) groups excluding carboxylic acids is 3. The van der Waals surface area contributed by atoms with Gasteiger partial charge in [0.05, 0.1) is 0 Å². The molecule has 0 unspecified atom stereocenters. The van der Waals surface area contributed by atoms with Gasteiger partial charge in [-0.05, 0) is 128 Å². The predicted octanol–water partition coefficient (Wildman–Crippen LogP) is 20.1. The maximum absolute atomic E-state index is 12.9. The Kier molecular flexibility index (Phi) is 55.9. The molecule has 0 aliphatic rings. The zero-order valence-electron chi connectivity index (χ0n) is 46.5. The quantitative estimate of drug-likeness (QED) is 0.0261. The van der Waals surface area contributed by atoms with Gasteiger partial charge in [-0.3, -0.25) is 14.4 Å². The summed E-state index contributed by atoms with van der Waals surface area (Å²) >= 11 is 0. The van der Waals surface area contributed by atoms with Crippen molar-refractivity contribution in [1.29, 1.82) is 0 Å². The molecule has 0 aromatic rings. The Hall–Kier alpha value is -3.67. The molecule has 0 saturated carbocycles. The van der Waals surface area contributed by atoms with Crippen LogP contribution in [-0.4, -0.2) is 37.2 Å². The molecular formula is C65H110O6. The summed E-state index contributed by atoms with van der Waals surface area (Å²) < 4.78 is 16.8. The molecule has 71 heavy (non-hydrogen) atoms. The van der Waals surface area contributed by atoms with Crippen LogP contribution in [0, 0.1) is 0 Å². The van der Waals surface area contributed by atoms with E-state index in [1.54, 1.807) is 0 Å². The van der Waals surface area contributed by atoms with Crippen LogP contribution in [-0.2, 0) is 28.6 Å². The number of hydrogen-bond acceptors (Lipinski definition) is 6. The summed E-state index contributed by atoms with van der Waals surface area (Å²) in [5.41, 5.74) is 0. The Morgan fingerprint density at radius 3 is 0.845 bits per heavy atom. The molecule has 0 aliphatic carbocycles. The second-order valence-corrected chi connectivity index (χ2v) is 19.5. The zero-order chi connectivity index (χ0) is 51.4. The fourth-order valence-corrected chi connectivity index (χ4v) is 8.01. The summed E-state index contributed by atoms with van der Waals surface area (Å²) in [6.07, 6.45) is 78.2. The fourth-order valence-electron chi connectivity index (χ4n) is 8.01. The van der Waals surface area contributed by atoms with Crippen molar-refractivity contribution in [2.45, 2.75) is 284 Å². The van der Waals surface area contributed by atoms with Crippen molar-refractivity contribution in [3.05, 3.63) is 97.2 Å². The van der Waals surface area contributed by atoms with E-state index in [1.807, 2.05) is 0 Å². The summed E-state index contributed by atoms with van der Waals surface area (Å²) in [5, 5.41) is 0. The van der Waals surface area contributed by atoms with Gasteiger partial charge in [-0.15, -0.1) is 0 Å². The summed E-state index contributed by atoms with van der Waals surface area (Å²) in [6, 6.07) is 0. The van der Waals surface area contributed by atoms with Gasteiger partial charge in [0.15, 0.2) is 6.10 Å². The van der Waals surface area contributed by atoms with Gasteiger partial charge in [-0.25, -0.2) is 0 Å². The molecule has 1 atom stereocenters. The first-order valence-corrected chi connectivity index (χ1v) is 29.7. The van der Waals surface area contributed by atoms with Crippen molar-refractivity contribution in [3.8, 4) is 0 Å². The van der Waals surface area contributed by atoms with Crippen LogP contribution >= 0.6 is 0 Å². The lowest BCUT2D eigenvalue weighted by atomic mass is 10.1. The number of unbranched alkanes of at least 4 members (excludes halogenated alkanes) is 26. The third-order valence-corrected chi connectivity index (χ3v) is 12.5. The fraction of sp³-hybridized carbons (Fsp3) is 0.708. The van der Waals surface area contributed by atoms with Crippen molar-refractivity contribution >= 4 is 17.9 Å². The molecular weight excluding hydrogens is 877 g/mol. The van der Waals surface area contributed by atoms with E-state index in [9.17, 15) is 14.4 Å². The lowest BCUT2D eigenvalue weighted by Crippen LogP contribution is -2.30. The number of esters is 3. The van der Waals surface area contributed by atoms with Gasteiger partial charge >= 0.3 is 17.9 Å². The standard InChI is InChI=1S/C65H110O6/c1-4-7-10-13-16-19-22-25-28-31-32-35-37-40-43-46-49-52-55-58-64(67)70-61-62(71-65(68)59-56-53-50-47-44-41-38-34-30-27-24-21-18-15-12-9-6-3)60-69-63(66)57-54-51-48-45-42-39-36-33-29-26-23-20-17-14-11-8-5-2/h16-17,19-20,25-30,32,35-36,39-40,43,62H,4-15,18,21-24,31,33-34,37-38,41-42,44-61H2,1-3H3/b19-16-,20-17-,28-25-,29-26-,30-27-,35-32-,39-36-,43-40-/t62-/m0/s1. The normalized spacial score (nSPS) is 12.8. The van der Waals surface area contributed by atoms with Crippen LogP contribution in [0.1, 0.15) is 278 Å². The highest BCUT2D eigenvalue weighted by atomic mass is 16.6. The summed E-state index contributed by atoms with van der Waals surface area (Å²) in [7, 11) is 0. The summed E-state index contributed by atoms with van der Waals surface area (Å²) in [5.74, 6) is -0.952. The minimum absolute atomic E-state index is 0.102. The molecule has 0 N–H and O–H groups in total. The first-order chi connectivity index (χ1) is 35.0. The number of rotatable bonds is 53. The third kappa shape index (κ3) is 57.1. The highest BCUT2D eigenvalue weighted by Crippen LogP contribution is 2.14. The topological polar surface area (TPSA) is 78.9 Å². The number of ether oxygens (including phenoxy) is 3. The molecule has 6 heteroatoms. The maximum Gasteiger partial charge on any atom is 0.306 e. The molecule has 0 radical (unpaired) electrons. The van der Waals surface area contributed by atoms with E-state index >= 15 is 0 Å². The van der Waals surface area contributed by atoms with E-state index in [0.29, 0.717) is 19.3 Å². The van der Waals surface area contributed by atoms with Crippen LogP contribution in [0.4, 0.5) is 0 Å². The molecule has 0 spiro atoms. The smallest absolute Gasteiger partial charge is 0.306 e. The highest BCUT2D eigenvalue weighted by molar-refractivity contribution is 5.71. The molecule has 0 amide bonds. The van der Waals surface area contributed by atoms with E-state index in [1.165, 1.54) is 128 Å². The predicted molar refractivity (Wildman–Crippen MR) is 307 cm³/mol. The average molecular weight is 988 g/mol. The molecule has 0 heterocycles. The minimum atomic E-state index is -0.804. The minimum Gasteiger partial charge on any atom is -0.462 e. The molecule has 0 fully saturated rings. The van der Waals surface area contributed by atoms with E-state index < -0.39 is 6.10 Å². The Balaban J connectivity index is 4.50. The van der Waals surface area contributed by atoms with Gasteiger partial charge in [0.2, 0.25) is 0 Å². The van der Waals surface area contributed by atoms with E-state index in [4.69, 9.17) is 14.2 Å². The molecule has 0 aliphatic heterocycles. The lowest BCUT2D eigenvalue weighted by Gasteiger charge is -2.18. The van der Waals surface area contributed by atoms with E-state index in [0.717, 1.165) is 109 Å². The Morgan fingerprint density at radius 1 is 0.282 bits per heavy atom. The van der Waals surface area contributed by atoms with Crippen LogP contribution in [0.5, 0.6) is 0 Å². The van der Waals surface area contributed by atoms with E-state index in [2.05, 4.69) is 118 Å². The van der Waals surface area contributed by atoms with E-state index in [-0.39, 0.29) is 31.1 Å². The number of hydrogen-bond donors (Lipinski definition) is 0. The molecule has 0 rings (SSSR count). The maximum atomic E-state index is 12.9. The van der Waals surface area contributed by atoms with Crippen molar-refractivity contribution < 1.29 is 28.6 Å². The second-order valence-electron chi connectivity index (χ2n) is 19.5. The zero-order valence-corrected chi connectivity index (χ0v) is 46.5.